The first-order valence-electron chi connectivity index (χ1n) is 11.4. The Balaban J connectivity index is 1.51. The smallest absolute Gasteiger partial charge is 0.277 e. The average molecular weight is 500 g/mol. The summed E-state index contributed by atoms with van der Waals surface area (Å²) in [6, 6.07) is 10.5. The Hall–Kier alpha value is -2.49. The first-order chi connectivity index (χ1) is 16.2. The normalized spacial score (nSPS) is 15.9. The molecule has 1 aromatic heterocycles. The van der Waals surface area contributed by atoms with E-state index in [9.17, 15) is 13.2 Å². The average Bonchev–Trinajstić information content (AvgIpc) is 3.30. The van der Waals surface area contributed by atoms with Gasteiger partial charge in [-0.05, 0) is 81.5 Å². The molecule has 2 aromatic carbocycles. The molecule has 1 unspecified atom stereocenters. The third-order valence-electron chi connectivity index (χ3n) is 6.19. The molecule has 9 heteroatoms. The van der Waals surface area contributed by atoms with Crippen LogP contribution in [0.1, 0.15) is 53.2 Å². The first kappa shape index (κ1) is 24.6. The minimum atomic E-state index is -3.56. The minimum Gasteiger partial charge on any atom is -0.411 e. The second-order valence-electron chi connectivity index (χ2n) is 8.74. The lowest BCUT2D eigenvalue weighted by molar-refractivity contribution is 0.0993. The predicted molar refractivity (Wildman–Crippen MR) is 133 cm³/mol. The summed E-state index contributed by atoms with van der Waals surface area (Å²) in [6.07, 6.45) is 2.81. The number of benzene rings is 2. The molecule has 1 saturated heterocycles. The van der Waals surface area contributed by atoms with Gasteiger partial charge in [0, 0.05) is 24.2 Å². The van der Waals surface area contributed by atoms with Gasteiger partial charge in [0.05, 0.1) is 10.1 Å². The Kier molecular flexibility index (Phi) is 7.25. The summed E-state index contributed by atoms with van der Waals surface area (Å²) in [7, 11) is -3.56. The van der Waals surface area contributed by atoms with E-state index in [1.165, 1.54) is 16.1 Å². The van der Waals surface area contributed by atoms with E-state index in [-0.39, 0.29) is 21.8 Å². The Morgan fingerprint density at radius 2 is 1.71 bits per heavy atom. The second-order valence-corrected chi connectivity index (χ2v) is 12.0. The van der Waals surface area contributed by atoms with Crippen molar-refractivity contribution in [3.8, 4) is 11.5 Å². The van der Waals surface area contributed by atoms with Crippen LogP contribution < -0.4 is 0 Å². The van der Waals surface area contributed by atoms with E-state index in [0.717, 1.165) is 36.0 Å². The molecule has 7 nitrogen and oxygen atoms in total. The van der Waals surface area contributed by atoms with Crippen molar-refractivity contribution in [1.29, 1.82) is 0 Å². The number of aryl methyl sites for hydroxylation is 3. The molecule has 0 saturated carbocycles. The summed E-state index contributed by atoms with van der Waals surface area (Å²) >= 11 is 1.20. The van der Waals surface area contributed by atoms with Gasteiger partial charge in [0.2, 0.25) is 15.9 Å². The number of thioether (sulfide) groups is 1. The van der Waals surface area contributed by atoms with Crippen LogP contribution in [0.5, 0.6) is 0 Å². The van der Waals surface area contributed by atoms with Crippen LogP contribution in [-0.4, -0.2) is 47.0 Å². The standard InChI is InChI=1S/C25H29N3O4S2/c1-16-13-18(3)22(14-17(16)2)23(29)19(4)33-25-27-26-24(32-25)20-9-8-10-21(15-20)34(30,31)28-11-6-5-7-12-28/h8-10,13-15,19H,5-7,11-12H2,1-4H3. The number of hydrogen-bond donors (Lipinski definition) is 0. The van der Waals surface area contributed by atoms with Gasteiger partial charge in [-0.3, -0.25) is 4.79 Å². The maximum absolute atomic E-state index is 13.0. The Morgan fingerprint density at radius 3 is 2.44 bits per heavy atom. The van der Waals surface area contributed by atoms with Crippen LogP contribution in [0.25, 0.3) is 11.5 Å². The number of ketones is 1. The van der Waals surface area contributed by atoms with Crippen molar-refractivity contribution >= 4 is 27.6 Å². The summed E-state index contributed by atoms with van der Waals surface area (Å²) in [5, 5.41) is 8.02. The molecule has 1 aliphatic rings. The van der Waals surface area contributed by atoms with Crippen LogP contribution in [0.3, 0.4) is 0 Å². The summed E-state index contributed by atoms with van der Waals surface area (Å²) in [5.74, 6) is 0.222. The van der Waals surface area contributed by atoms with Gasteiger partial charge in [0.15, 0.2) is 5.78 Å². The van der Waals surface area contributed by atoms with Crippen LogP contribution in [0, 0.1) is 20.8 Å². The van der Waals surface area contributed by atoms with Crippen molar-refractivity contribution in [3.05, 3.63) is 58.7 Å². The molecule has 0 bridgehead atoms. The predicted octanol–water partition coefficient (Wildman–Crippen LogP) is 5.20. The molecule has 1 fully saturated rings. The van der Waals surface area contributed by atoms with Crippen LogP contribution in [-0.2, 0) is 10.0 Å². The lowest BCUT2D eigenvalue weighted by Gasteiger charge is -2.25. The van der Waals surface area contributed by atoms with Crippen LogP contribution in [0.2, 0.25) is 0 Å². The molecule has 0 spiro atoms. The number of hydrogen-bond acceptors (Lipinski definition) is 7. The molecule has 3 aromatic rings. The zero-order valence-corrected chi connectivity index (χ0v) is 21.5. The third kappa shape index (κ3) is 5.11. The van der Waals surface area contributed by atoms with E-state index in [1.54, 1.807) is 24.3 Å². The van der Waals surface area contributed by atoms with E-state index in [1.807, 2.05) is 39.8 Å². The lowest BCUT2D eigenvalue weighted by Crippen LogP contribution is -2.35. The van der Waals surface area contributed by atoms with Crippen LogP contribution in [0.15, 0.2) is 50.9 Å². The molecular weight excluding hydrogens is 470 g/mol. The number of sulfonamides is 1. The van der Waals surface area contributed by atoms with Gasteiger partial charge in [-0.1, -0.05) is 30.3 Å². The Bertz CT molecular complexity index is 1310. The van der Waals surface area contributed by atoms with Gasteiger partial charge < -0.3 is 4.42 Å². The van der Waals surface area contributed by atoms with Gasteiger partial charge in [0.1, 0.15) is 0 Å². The minimum absolute atomic E-state index is 0.0000257. The molecule has 1 aliphatic heterocycles. The van der Waals surface area contributed by atoms with E-state index in [2.05, 4.69) is 10.2 Å². The third-order valence-corrected chi connectivity index (χ3v) is 9.02. The summed E-state index contributed by atoms with van der Waals surface area (Å²) < 4.78 is 33.4. The number of nitrogens with zero attached hydrogens (tertiary/aromatic N) is 3. The van der Waals surface area contributed by atoms with Crippen molar-refractivity contribution in [2.45, 2.75) is 62.3 Å². The number of Topliss-reactive ketones (excluding diaryl/α,β-unsaturated/α-hetero) is 1. The number of aromatic nitrogens is 2. The SMILES string of the molecule is Cc1cc(C)c(C(=O)C(C)Sc2nnc(-c3cccc(S(=O)(=O)N4CCCCC4)c3)o2)cc1C. The van der Waals surface area contributed by atoms with Gasteiger partial charge in [-0.15, -0.1) is 10.2 Å². The summed E-state index contributed by atoms with van der Waals surface area (Å²) in [5.41, 5.74) is 4.39. The Morgan fingerprint density at radius 1 is 1.00 bits per heavy atom. The maximum Gasteiger partial charge on any atom is 0.277 e. The van der Waals surface area contributed by atoms with Crippen LogP contribution >= 0.6 is 11.8 Å². The van der Waals surface area contributed by atoms with E-state index in [4.69, 9.17) is 4.42 Å². The highest BCUT2D eigenvalue weighted by atomic mass is 32.2. The van der Waals surface area contributed by atoms with E-state index >= 15 is 0 Å². The molecule has 2 heterocycles. The Labute approximate surface area is 205 Å². The van der Waals surface area contributed by atoms with Crippen LogP contribution in [0.4, 0.5) is 0 Å². The molecule has 0 amide bonds. The quantitative estimate of drug-likeness (QED) is 0.326. The number of carbonyl (C=O) groups excluding carboxylic acids is 1. The first-order valence-corrected chi connectivity index (χ1v) is 13.7. The zero-order chi connectivity index (χ0) is 24.5. The van der Waals surface area contributed by atoms with Crippen molar-refractivity contribution in [2.24, 2.45) is 0 Å². The molecule has 1 atom stereocenters. The summed E-state index contributed by atoms with van der Waals surface area (Å²) in [6.45, 7) is 8.86. The lowest BCUT2D eigenvalue weighted by atomic mass is 9.97. The highest BCUT2D eigenvalue weighted by Crippen LogP contribution is 2.30. The molecule has 0 N–H and O–H groups in total. The molecule has 0 aliphatic carbocycles. The number of rotatable bonds is 7. The molecule has 34 heavy (non-hydrogen) atoms. The van der Waals surface area contributed by atoms with Gasteiger partial charge in [-0.25, -0.2) is 8.42 Å². The van der Waals surface area contributed by atoms with Crippen molar-refractivity contribution in [1.82, 2.24) is 14.5 Å². The zero-order valence-electron chi connectivity index (χ0n) is 19.9. The highest BCUT2D eigenvalue weighted by Gasteiger charge is 2.27. The number of carbonyl (C=O) groups is 1. The molecule has 4 rings (SSSR count). The monoisotopic (exact) mass is 499 g/mol. The fourth-order valence-electron chi connectivity index (χ4n) is 4.07. The fraction of sp³-hybridized carbons (Fsp3) is 0.400. The van der Waals surface area contributed by atoms with E-state index in [0.29, 0.717) is 24.2 Å². The van der Waals surface area contributed by atoms with Gasteiger partial charge in [-0.2, -0.15) is 4.31 Å². The molecule has 0 radical (unpaired) electrons. The highest BCUT2D eigenvalue weighted by molar-refractivity contribution is 8.00. The largest absolute Gasteiger partial charge is 0.411 e. The van der Waals surface area contributed by atoms with E-state index < -0.39 is 15.3 Å². The second kappa shape index (κ2) is 10.0. The molecular formula is C25H29N3O4S2. The molecule has 180 valence electrons. The van der Waals surface area contributed by atoms with Crippen molar-refractivity contribution in [2.75, 3.05) is 13.1 Å². The van der Waals surface area contributed by atoms with Gasteiger partial charge in [0.25, 0.3) is 5.22 Å². The topological polar surface area (TPSA) is 93.4 Å². The maximum atomic E-state index is 13.0. The van der Waals surface area contributed by atoms with Crippen molar-refractivity contribution < 1.29 is 17.6 Å². The summed E-state index contributed by atoms with van der Waals surface area (Å²) in [4.78, 5) is 13.2. The fourth-order valence-corrected chi connectivity index (χ4v) is 6.38. The number of piperidine rings is 1. The van der Waals surface area contributed by atoms with Crippen molar-refractivity contribution in [3.63, 3.8) is 0 Å². The van der Waals surface area contributed by atoms with Gasteiger partial charge >= 0.3 is 0 Å².